The lowest BCUT2D eigenvalue weighted by Gasteiger charge is -2.12. The van der Waals surface area contributed by atoms with E-state index in [4.69, 9.17) is 14.2 Å². The highest BCUT2D eigenvalue weighted by molar-refractivity contribution is 7.07. The summed E-state index contributed by atoms with van der Waals surface area (Å²) in [6.45, 7) is 2.20. The number of hydrogen-bond donors (Lipinski definition) is 2. The number of ether oxygens (including phenoxy) is 3. The molecule has 0 amide bonds. The van der Waals surface area contributed by atoms with Gasteiger partial charge in [-0.15, -0.1) is 0 Å². The summed E-state index contributed by atoms with van der Waals surface area (Å²) in [6.07, 6.45) is 0. The summed E-state index contributed by atoms with van der Waals surface area (Å²) < 4.78 is 16.3. The van der Waals surface area contributed by atoms with E-state index in [0.717, 1.165) is 29.8 Å². The quantitative estimate of drug-likeness (QED) is 0.482. The van der Waals surface area contributed by atoms with Crippen molar-refractivity contribution in [1.29, 1.82) is 0 Å². The number of thiophene rings is 1. The predicted molar refractivity (Wildman–Crippen MR) is 90.6 cm³/mol. The van der Waals surface area contributed by atoms with Gasteiger partial charge in [-0.2, -0.15) is 11.3 Å². The normalized spacial score (nSPS) is 13.0. The first-order chi connectivity index (χ1) is 11.3. The molecule has 0 unspecified atom stereocenters. The van der Waals surface area contributed by atoms with Crippen LogP contribution in [-0.4, -0.2) is 33.0 Å². The zero-order chi connectivity index (χ0) is 15.9. The Bertz CT molecular complexity index is 659. The second-order valence-electron chi connectivity index (χ2n) is 4.85. The molecule has 23 heavy (non-hydrogen) atoms. The van der Waals surface area contributed by atoms with Crippen molar-refractivity contribution in [2.24, 2.45) is 4.99 Å². The molecule has 0 saturated carbocycles. The third-order valence-corrected chi connectivity index (χ3v) is 4.00. The molecular weight excluding hydrogens is 314 g/mol. The Kier molecular flexibility index (Phi) is 5.21. The Morgan fingerprint density at radius 1 is 1.26 bits per heavy atom. The number of guanidine groups is 1. The third kappa shape index (κ3) is 4.29. The number of fused-ring (bicyclic) bond motifs is 1. The first kappa shape index (κ1) is 15.5. The third-order valence-electron chi connectivity index (χ3n) is 3.27. The topological polar surface area (TPSA) is 64.1 Å². The largest absolute Gasteiger partial charge is 0.492 e. The molecule has 0 radical (unpaired) electrons. The molecule has 0 atom stereocenters. The standard InChI is InChI=1S/C16H19N3O3S/c1-17-16(19-9-12-4-7-23-10-12)18-5-6-20-13-2-3-14-15(8-13)22-11-21-14/h2-4,7-8,10H,5-6,9,11H2,1H3,(H2,17,18,19). The molecule has 1 aromatic heterocycles. The van der Waals surface area contributed by atoms with Crippen molar-refractivity contribution in [3.05, 3.63) is 40.6 Å². The van der Waals surface area contributed by atoms with E-state index in [9.17, 15) is 0 Å². The van der Waals surface area contributed by atoms with Gasteiger partial charge in [0.2, 0.25) is 6.79 Å². The molecular formula is C16H19N3O3S. The molecule has 2 aromatic rings. The second-order valence-corrected chi connectivity index (χ2v) is 5.63. The van der Waals surface area contributed by atoms with Gasteiger partial charge in [-0.25, -0.2) is 0 Å². The molecule has 3 rings (SSSR count). The molecule has 0 fully saturated rings. The molecule has 2 heterocycles. The van der Waals surface area contributed by atoms with E-state index in [1.165, 1.54) is 5.56 Å². The van der Waals surface area contributed by atoms with Crippen molar-refractivity contribution in [3.63, 3.8) is 0 Å². The van der Waals surface area contributed by atoms with Crippen molar-refractivity contribution < 1.29 is 14.2 Å². The summed E-state index contributed by atoms with van der Waals surface area (Å²) in [5.41, 5.74) is 1.24. The van der Waals surface area contributed by atoms with Crippen LogP contribution >= 0.6 is 11.3 Å². The van der Waals surface area contributed by atoms with Crippen LogP contribution in [0.25, 0.3) is 0 Å². The lowest BCUT2D eigenvalue weighted by Crippen LogP contribution is -2.38. The minimum Gasteiger partial charge on any atom is -0.492 e. The fraction of sp³-hybridized carbons (Fsp3) is 0.312. The number of hydrogen-bond acceptors (Lipinski definition) is 5. The molecule has 0 aliphatic carbocycles. The molecule has 122 valence electrons. The maximum absolute atomic E-state index is 5.70. The number of nitrogens with one attached hydrogen (secondary N) is 2. The van der Waals surface area contributed by atoms with E-state index in [0.29, 0.717) is 13.2 Å². The first-order valence-electron chi connectivity index (χ1n) is 7.33. The lowest BCUT2D eigenvalue weighted by atomic mass is 10.3. The minimum absolute atomic E-state index is 0.270. The molecule has 7 heteroatoms. The molecule has 2 N–H and O–H groups in total. The van der Waals surface area contributed by atoms with Crippen molar-refractivity contribution >= 4 is 17.3 Å². The zero-order valence-electron chi connectivity index (χ0n) is 12.9. The van der Waals surface area contributed by atoms with Crippen LogP contribution in [0.1, 0.15) is 5.56 Å². The summed E-state index contributed by atoms with van der Waals surface area (Å²) >= 11 is 1.69. The fourth-order valence-electron chi connectivity index (χ4n) is 2.10. The number of nitrogens with zero attached hydrogens (tertiary/aromatic N) is 1. The van der Waals surface area contributed by atoms with Crippen LogP contribution in [0.5, 0.6) is 17.2 Å². The van der Waals surface area contributed by atoms with Crippen LogP contribution in [0.2, 0.25) is 0 Å². The van der Waals surface area contributed by atoms with Crippen LogP contribution < -0.4 is 24.8 Å². The van der Waals surface area contributed by atoms with Gasteiger partial charge >= 0.3 is 0 Å². The zero-order valence-corrected chi connectivity index (χ0v) is 13.7. The number of benzene rings is 1. The Labute approximate surface area is 139 Å². The molecule has 0 bridgehead atoms. The average Bonchev–Trinajstić information content (AvgIpc) is 3.25. The van der Waals surface area contributed by atoms with Crippen LogP contribution in [0.3, 0.4) is 0 Å². The van der Waals surface area contributed by atoms with Crippen molar-refractivity contribution in [2.45, 2.75) is 6.54 Å². The average molecular weight is 333 g/mol. The van der Waals surface area contributed by atoms with E-state index in [1.54, 1.807) is 18.4 Å². The highest BCUT2D eigenvalue weighted by Crippen LogP contribution is 2.34. The molecule has 0 saturated heterocycles. The van der Waals surface area contributed by atoms with Crippen LogP contribution in [-0.2, 0) is 6.54 Å². The minimum atomic E-state index is 0.270. The molecule has 0 spiro atoms. The van der Waals surface area contributed by atoms with Gasteiger partial charge in [0.15, 0.2) is 17.5 Å². The maximum atomic E-state index is 5.70. The van der Waals surface area contributed by atoms with E-state index < -0.39 is 0 Å². The van der Waals surface area contributed by atoms with Gasteiger partial charge in [-0.1, -0.05) is 0 Å². The smallest absolute Gasteiger partial charge is 0.231 e. The fourth-order valence-corrected chi connectivity index (χ4v) is 2.77. The molecule has 1 aliphatic heterocycles. The van der Waals surface area contributed by atoms with E-state index in [1.807, 2.05) is 18.2 Å². The van der Waals surface area contributed by atoms with Gasteiger partial charge in [0.05, 0.1) is 6.54 Å². The Hall–Kier alpha value is -2.41. The van der Waals surface area contributed by atoms with Crippen molar-refractivity contribution in [1.82, 2.24) is 10.6 Å². The SMILES string of the molecule is CN=C(NCCOc1ccc2c(c1)OCO2)NCc1ccsc1. The Balaban J connectivity index is 1.38. The van der Waals surface area contributed by atoms with E-state index >= 15 is 0 Å². The summed E-state index contributed by atoms with van der Waals surface area (Å²) in [6, 6.07) is 7.66. The summed E-state index contributed by atoms with van der Waals surface area (Å²) in [7, 11) is 1.75. The van der Waals surface area contributed by atoms with Crippen molar-refractivity contribution in [3.8, 4) is 17.2 Å². The lowest BCUT2D eigenvalue weighted by molar-refractivity contribution is 0.173. The van der Waals surface area contributed by atoms with E-state index in [2.05, 4.69) is 32.5 Å². The van der Waals surface area contributed by atoms with Gasteiger partial charge in [0.25, 0.3) is 0 Å². The predicted octanol–water partition coefficient (Wildman–Crippen LogP) is 2.22. The number of rotatable bonds is 6. The van der Waals surface area contributed by atoms with E-state index in [-0.39, 0.29) is 6.79 Å². The van der Waals surface area contributed by atoms with Crippen LogP contribution in [0, 0.1) is 0 Å². The van der Waals surface area contributed by atoms with Crippen molar-refractivity contribution in [2.75, 3.05) is 27.0 Å². The van der Waals surface area contributed by atoms with Crippen LogP contribution in [0.15, 0.2) is 40.0 Å². The second kappa shape index (κ2) is 7.73. The van der Waals surface area contributed by atoms with Gasteiger partial charge in [0, 0.05) is 19.7 Å². The van der Waals surface area contributed by atoms with Gasteiger partial charge < -0.3 is 24.8 Å². The van der Waals surface area contributed by atoms with Gasteiger partial charge in [0.1, 0.15) is 12.4 Å². The molecule has 1 aromatic carbocycles. The highest BCUT2D eigenvalue weighted by atomic mass is 32.1. The van der Waals surface area contributed by atoms with Gasteiger partial charge in [-0.05, 0) is 34.5 Å². The maximum Gasteiger partial charge on any atom is 0.231 e. The number of aliphatic imine (C=N–C) groups is 1. The Morgan fingerprint density at radius 2 is 2.17 bits per heavy atom. The van der Waals surface area contributed by atoms with Gasteiger partial charge in [-0.3, -0.25) is 4.99 Å². The summed E-state index contributed by atoms with van der Waals surface area (Å²) in [5.74, 6) is 3.00. The first-order valence-corrected chi connectivity index (χ1v) is 8.27. The van der Waals surface area contributed by atoms with Crippen LogP contribution in [0.4, 0.5) is 0 Å². The highest BCUT2D eigenvalue weighted by Gasteiger charge is 2.13. The summed E-state index contributed by atoms with van der Waals surface area (Å²) in [5, 5.41) is 10.6. The molecule has 1 aliphatic rings. The summed E-state index contributed by atoms with van der Waals surface area (Å²) in [4.78, 5) is 4.19. The Morgan fingerprint density at radius 3 is 3.00 bits per heavy atom. The molecule has 6 nitrogen and oxygen atoms in total. The monoisotopic (exact) mass is 333 g/mol.